The van der Waals surface area contributed by atoms with Crippen molar-refractivity contribution in [2.24, 2.45) is 0 Å². The van der Waals surface area contributed by atoms with Crippen LogP contribution in [0.3, 0.4) is 0 Å². The van der Waals surface area contributed by atoms with Gasteiger partial charge in [-0.2, -0.15) is 0 Å². The van der Waals surface area contributed by atoms with Crippen LogP contribution in [0.15, 0.2) is 18.2 Å². The van der Waals surface area contributed by atoms with Gasteiger partial charge in [-0.15, -0.1) is 0 Å². The number of halogens is 1. The monoisotopic (exact) mass is 329 g/mol. The fourth-order valence-corrected chi connectivity index (χ4v) is 1.80. The van der Waals surface area contributed by atoms with Gasteiger partial charge in [-0.3, -0.25) is 5.32 Å². The lowest BCUT2D eigenvalue weighted by Gasteiger charge is -2.20. The van der Waals surface area contributed by atoms with Crippen molar-refractivity contribution in [3.05, 3.63) is 23.8 Å². The molecule has 5 heteroatoms. The lowest BCUT2D eigenvalue weighted by Crippen LogP contribution is -2.27. The Morgan fingerprint density at radius 1 is 1.42 bits per heavy atom. The van der Waals surface area contributed by atoms with Crippen LogP contribution in [0.1, 0.15) is 32.8 Å². The molecule has 0 radical (unpaired) electrons. The number of aryl methyl sites for hydroxylation is 1. The average Bonchev–Trinajstić information content (AvgIpc) is 2.27. The zero-order valence-corrected chi connectivity index (χ0v) is 13.1. The Labute approximate surface area is 122 Å². The first-order valence-corrected chi connectivity index (χ1v) is 7.32. The number of ether oxygens (including phenoxy) is 1. The number of hydrogen-bond acceptors (Lipinski definition) is 3. The molecule has 4 nitrogen and oxygen atoms in total. The number of aromatic hydroxyl groups is 1. The molecule has 106 valence electrons. The van der Waals surface area contributed by atoms with Gasteiger partial charge >= 0.3 is 6.09 Å². The molecule has 0 aromatic heterocycles. The number of benzene rings is 1. The molecule has 0 aliphatic heterocycles. The first kappa shape index (κ1) is 15.8. The second-order valence-electron chi connectivity index (χ2n) is 5.27. The number of anilines is 1. The predicted octanol–water partition coefficient (Wildman–Crippen LogP) is 4.07. The largest absolute Gasteiger partial charge is 0.506 e. The molecule has 0 atom stereocenters. The first-order valence-electron chi connectivity index (χ1n) is 6.19. The number of nitrogens with one attached hydrogen (secondary N) is 1. The van der Waals surface area contributed by atoms with E-state index in [4.69, 9.17) is 4.74 Å². The van der Waals surface area contributed by atoms with E-state index in [0.29, 0.717) is 5.69 Å². The van der Waals surface area contributed by atoms with Gasteiger partial charge < -0.3 is 9.84 Å². The number of amides is 1. The molecule has 1 amide bonds. The van der Waals surface area contributed by atoms with Crippen LogP contribution in [0, 0.1) is 0 Å². The summed E-state index contributed by atoms with van der Waals surface area (Å²) in [6.07, 6.45) is 1.31. The van der Waals surface area contributed by atoms with E-state index >= 15 is 0 Å². The number of phenolic OH excluding ortho intramolecular Hbond substituents is 1. The van der Waals surface area contributed by atoms with E-state index in [2.05, 4.69) is 21.2 Å². The number of carbonyl (C=O) groups is 1. The summed E-state index contributed by atoms with van der Waals surface area (Å²) in [6.45, 7) is 5.36. The Balaban J connectivity index is 2.67. The molecule has 0 bridgehead atoms. The van der Waals surface area contributed by atoms with Crippen molar-refractivity contribution < 1.29 is 14.6 Å². The summed E-state index contributed by atoms with van der Waals surface area (Å²) in [4.78, 5) is 11.6. The third-order valence-corrected chi connectivity index (χ3v) is 2.86. The number of carbonyl (C=O) groups excluding carboxylic acids is 1. The summed E-state index contributed by atoms with van der Waals surface area (Å²) in [5, 5.41) is 13.3. The maximum absolute atomic E-state index is 11.6. The third kappa shape index (κ3) is 5.96. The van der Waals surface area contributed by atoms with Gasteiger partial charge in [0.25, 0.3) is 0 Å². The Morgan fingerprint density at radius 3 is 2.63 bits per heavy atom. The summed E-state index contributed by atoms with van der Waals surface area (Å²) < 4.78 is 5.12. The number of alkyl halides is 1. The van der Waals surface area contributed by atoms with Gasteiger partial charge in [-0.1, -0.05) is 22.0 Å². The van der Waals surface area contributed by atoms with Crippen LogP contribution in [0.2, 0.25) is 0 Å². The highest BCUT2D eigenvalue weighted by molar-refractivity contribution is 9.09. The third-order valence-electron chi connectivity index (χ3n) is 2.30. The molecule has 0 unspecified atom stereocenters. The minimum Gasteiger partial charge on any atom is -0.506 e. The zero-order valence-electron chi connectivity index (χ0n) is 11.5. The summed E-state index contributed by atoms with van der Waals surface area (Å²) in [7, 11) is 0. The van der Waals surface area contributed by atoms with Gasteiger partial charge in [0.05, 0.1) is 5.69 Å². The number of rotatable bonds is 4. The minimum atomic E-state index is -0.573. The second-order valence-corrected chi connectivity index (χ2v) is 6.06. The van der Waals surface area contributed by atoms with Gasteiger partial charge in [-0.25, -0.2) is 4.79 Å². The molecular formula is C14H20BrNO3. The van der Waals surface area contributed by atoms with Crippen molar-refractivity contribution in [3.63, 3.8) is 0 Å². The highest BCUT2D eigenvalue weighted by Crippen LogP contribution is 2.25. The summed E-state index contributed by atoms with van der Waals surface area (Å²) in [6, 6.07) is 5.23. The Bertz CT molecular complexity index is 441. The standard InChI is InChI=1S/C14H20BrNO3/c1-14(2,3)19-13(18)16-11-7-6-10(5-4-8-15)9-12(11)17/h6-7,9,17H,4-5,8H2,1-3H3,(H,16,18). The molecule has 0 saturated carbocycles. The number of hydrogen-bond donors (Lipinski definition) is 2. The van der Waals surface area contributed by atoms with E-state index in [9.17, 15) is 9.90 Å². The van der Waals surface area contributed by atoms with E-state index in [1.807, 2.05) is 6.07 Å². The molecule has 0 fully saturated rings. The molecular weight excluding hydrogens is 310 g/mol. The highest BCUT2D eigenvalue weighted by Gasteiger charge is 2.17. The average molecular weight is 330 g/mol. The van der Waals surface area contributed by atoms with Crippen molar-refractivity contribution in [2.75, 3.05) is 10.6 Å². The highest BCUT2D eigenvalue weighted by atomic mass is 79.9. The van der Waals surface area contributed by atoms with Crippen molar-refractivity contribution >= 4 is 27.7 Å². The Kier molecular flexibility index (Phi) is 5.66. The van der Waals surface area contributed by atoms with E-state index in [0.717, 1.165) is 23.7 Å². The molecule has 19 heavy (non-hydrogen) atoms. The first-order chi connectivity index (χ1) is 8.81. The lowest BCUT2D eigenvalue weighted by atomic mass is 10.1. The molecule has 1 aromatic carbocycles. The van der Waals surface area contributed by atoms with Crippen LogP contribution in [0.4, 0.5) is 10.5 Å². The molecule has 0 aliphatic carbocycles. The van der Waals surface area contributed by atoms with Crippen LogP contribution < -0.4 is 5.32 Å². The number of phenols is 1. The molecule has 0 saturated heterocycles. The van der Waals surface area contributed by atoms with E-state index in [1.165, 1.54) is 0 Å². The van der Waals surface area contributed by atoms with Crippen molar-refractivity contribution in [3.8, 4) is 5.75 Å². The fourth-order valence-electron chi connectivity index (χ4n) is 1.52. The zero-order chi connectivity index (χ0) is 14.5. The maximum atomic E-state index is 11.6. The van der Waals surface area contributed by atoms with Crippen LogP contribution in [-0.4, -0.2) is 22.1 Å². The minimum absolute atomic E-state index is 0.0536. The smallest absolute Gasteiger partial charge is 0.412 e. The summed E-state index contributed by atoms with van der Waals surface area (Å²) in [5.41, 5.74) is 0.832. The molecule has 1 rings (SSSR count). The SMILES string of the molecule is CC(C)(C)OC(=O)Nc1ccc(CCCBr)cc1O. The van der Waals surface area contributed by atoms with Gasteiger partial charge in [-0.05, 0) is 51.3 Å². The quantitative estimate of drug-likeness (QED) is 0.646. The van der Waals surface area contributed by atoms with Crippen LogP contribution >= 0.6 is 15.9 Å². The van der Waals surface area contributed by atoms with Gasteiger partial charge in [0.1, 0.15) is 11.4 Å². The van der Waals surface area contributed by atoms with E-state index < -0.39 is 11.7 Å². The normalized spacial score (nSPS) is 11.2. The van der Waals surface area contributed by atoms with Crippen molar-refractivity contribution in [2.45, 2.75) is 39.2 Å². The van der Waals surface area contributed by atoms with E-state index in [-0.39, 0.29) is 5.75 Å². The maximum Gasteiger partial charge on any atom is 0.412 e. The van der Waals surface area contributed by atoms with Crippen molar-refractivity contribution in [1.82, 2.24) is 0 Å². The molecule has 0 heterocycles. The predicted molar refractivity (Wildman–Crippen MR) is 80.1 cm³/mol. The van der Waals surface area contributed by atoms with Gasteiger partial charge in [0, 0.05) is 5.33 Å². The van der Waals surface area contributed by atoms with Crippen LogP contribution in [0.5, 0.6) is 5.75 Å². The van der Waals surface area contributed by atoms with Crippen molar-refractivity contribution in [1.29, 1.82) is 0 Å². The molecule has 2 N–H and O–H groups in total. The summed E-state index contributed by atoms with van der Waals surface area (Å²) in [5.74, 6) is 0.0536. The van der Waals surface area contributed by atoms with Crippen LogP contribution in [-0.2, 0) is 11.2 Å². The van der Waals surface area contributed by atoms with Gasteiger partial charge in [0.2, 0.25) is 0 Å². The molecule has 0 aliphatic rings. The summed E-state index contributed by atoms with van der Waals surface area (Å²) >= 11 is 3.36. The molecule has 0 spiro atoms. The van der Waals surface area contributed by atoms with Crippen LogP contribution in [0.25, 0.3) is 0 Å². The Morgan fingerprint density at radius 2 is 2.11 bits per heavy atom. The lowest BCUT2D eigenvalue weighted by molar-refractivity contribution is 0.0635. The fraction of sp³-hybridized carbons (Fsp3) is 0.500. The topological polar surface area (TPSA) is 58.6 Å². The second kappa shape index (κ2) is 6.80. The Hall–Kier alpha value is -1.23. The molecule has 1 aromatic rings. The van der Waals surface area contributed by atoms with Gasteiger partial charge in [0.15, 0.2) is 0 Å². The van der Waals surface area contributed by atoms with E-state index in [1.54, 1.807) is 32.9 Å².